The Labute approximate surface area is 106 Å². The summed E-state index contributed by atoms with van der Waals surface area (Å²) in [5, 5.41) is 3.50. The van der Waals surface area contributed by atoms with Crippen LogP contribution in [0.1, 0.15) is 13.8 Å². The highest BCUT2D eigenvalue weighted by molar-refractivity contribution is 7.98. The van der Waals surface area contributed by atoms with Gasteiger partial charge in [0, 0.05) is 38.5 Å². The van der Waals surface area contributed by atoms with Gasteiger partial charge in [0.1, 0.15) is 0 Å². The highest BCUT2D eigenvalue weighted by atomic mass is 32.2. The molecule has 0 rings (SSSR count). The first-order valence-electron chi connectivity index (χ1n) is 6.35. The van der Waals surface area contributed by atoms with Gasteiger partial charge in [0.15, 0.2) is 0 Å². The number of hydrogen-bond donors (Lipinski definition) is 1. The molecule has 0 fully saturated rings. The van der Waals surface area contributed by atoms with Crippen molar-refractivity contribution in [2.45, 2.75) is 13.8 Å². The molecule has 0 atom stereocenters. The summed E-state index contributed by atoms with van der Waals surface area (Å²) in [5.41, 5.74) is 0. The summed E-state index contributed by atoms with van der Waals surface area (Å²) in [5.74, 6) is 1.23. The molecule has 0 saturated heterocycles. The Morgan fingerprint density at radius 1 is 1.00 bits per heavy atom. The zero-order valence-corrected chi connectivity index (χ0v) is 12.3. The number of likely N-dealkylation sites (N-methyl/N-ethyl adjacent to an activating group) is 2. The Bertz CT molecular complexity index is 140. The maximum Gasteiger partial charge on any atom is 0.0107 e. The molecule has 0 aromatic carbocycles. The predicted molar refractivity (Wildman–Crippen MR) is 76.5 cm³/mol. The van der Waals surface area contributed by atoms with Crippen molar-refractivity contribution in [2.75, 3.05) is 64.9 Å². The molecule has 0 unspecified atom stereocenters. The smallest absolute Gasteiger partial charge is 0.0107 e. The highest BCUT2D eigenvalue weighted by Gasteiger charge is 1.99. The van der Waals surface area contributed by atoms with Gasteiger partial charge >= 0.3 is 0 Å². The summed E-state index contributed by atoms with van der Waals surface area (Å²) in [7, 11) is 2.20. The largest absolute Gasteiger partial charge is 0.314 e. The predicted octanol–water partition coefficient (Wildman–Crippen LogP) is 1.21. The molecule has 0 bridgehead atoms. The van der Waals surface area contributed by atoms with E-state index in [1.807, 2.05) is 11.8 Å². The lowest BCUT2D eigenvalue weighted by atomic mass is 10.4. The normalized spacial score (nSPS) is 11.6. The van der Waals surface area contributed by atoms with Crippen molar-refractivity contribution in [2.24, 2.45) is 0 Å². The monoisotopic (exact) mass is 247 g/mol. The summed E-state index contributed by atoms with van der Waals surface area (Å²) in [6.45, 7) is 12.5. The van der Waals surface area contributed by atoms with E-state index in [-0.39, 0.29) is 0 Å². The minimum atomic E-state index is 1.10. The van der Waals surface area contributed by atoms with E-state index < -0.39 is 0 Å². The molecule has 0 aliphatic heterocycles. The van der Waals surface area contributed by atoms with E-state index in [9.17, 15) is 0 Å². The first kappa shape index (κ1) is 16.2. The Morgan fingerprint density at radius 2 is 1.62 bits per heavy atom. The molecule has 0 aliphatic carbocycles. The molecule has 0 amide bonds. The maximum atomic E-state index is 3.50. The quantitative estimate of drug-likeness (QED) is 0.553. The molecule has 0 saturated carbocycles. The Hall–Kier alpha value is 0.230. The molecule has 1 N–H and O–H groups in total. The molecular formula is C12H29N3S. The van der Waals surface area contributed by atoms with Crippen LogP contribution in [-0.4, -0.2) is 74.7 Å². The minimum Gasteiger partial charge on any atom is -0.314 e. The first-order valence-corrected chi connectivity index (χ1v) is 7.74. The standard InChI is InChI=1S/C12H29N3S/c1-5-15(6-2)10-8-13-7-9-14(3)11-12-16-4/h13H,5-12H2,1-4H3. The van der Waals surface area contributed by atoms with E-state index in [0.29, 0.717) is 0 Å². The Kier molecular flexibility index (Phi) is 11.9. The van der Waals surface area contributed by atoms with E-state index >= 15 is 0 Å². The van der Waals surface area contributed by atoms with E-state index in [4.69, 9.17) is 0 Å². The molecule has 0 aromatic heterocycles. The number of rotatable bonds is 11. The van der Waals surface area contributed by atoms with Crippen molar-refractivity contribution in [3.8, 4) is 0 Å². The second kappa shape index (κ2) is 11.7. The van der Waals surface area contributed by atoms with Crippen molar-refractivity contribution < 1.29 is 0 Å². The van der Waals surface area contributed by atoms with Crippen molar-refractivity contribution in [3.63, 3.8) is 0 Å². The van der Waals surface area contributed by atoms with Gasteiger partial charge in [-0.1, -0.05) is 13.8 Å². The fourth-order valence-electron chi connectivity index (χ4n) is 1.53. The van der Waals surface area contributed by atoms with Crippen LogP contribution in [0, 0.1) is 0 Å². The van der Waals surface area contributed by atoms with Gasteiger partial charge in [-0.2, -0.15) is 11.8 Å². The molecule has 16 heavy (non-hydrogen) atoms. The third kappa shape index (κ3) is 9.46. The lowest BCUT2D eigenvalue weighted by Crippen LogP contribution is -2.36. The lowest BCUT2D eigenvalue weighted by molar-refractivity contribution is 0.295. The van der Waals surface area contributed by atoms with Gasteiger partial charge in [0.25, 0.3) is 0 Å². The summed E-state index contributed by atoms with van der Waals surface area (Å²) >= 11 is 1.91. The van der Waals surface area contributed by atoms with Gasteiger partial charge in [-0.05, 0) is 26.4 Å². The van der Waals surface area contributed by atoms with Crippen LogP contribution in [0.15, 0.2) is 0 Å². The summed E-state index contributed by atoms with van der Waals surface area (Å²) in [6, 6.07) is 0. The number of hydrogen-bond acceptors (Lipinski definition) is 4. The van der Waals surface area contributed by atoms with Crippen molar-refractivity contribution in [1.82, 2.24) is 15.1 Å². The third-order valence-electron chi connectivity index (χ3n) is 2.85. The van der Waals surface area contributed by atoms with E-state index in [1.54, 1.807) is 0 Å². The Morgan fingerprint density at radius 3 is 2.19 bits per heavy atom. The van der Waals surface area contributed by atoms with Crippen LogP contribution in [0.3, 0.4) is 0 Å². The van der Waals surface area contributed by atoms with Crippen molar-refractivity contribution in [3.05, 3.63) is 0 Å². The SMILES string of the molecule is CCN(CC)CCNCCN(C)CCSC. The van der Waals surface area contributed by atoms with Gasteiger partial charge in [-0.15, -0.1) is 0 Å². The van der Waals surface area contributed by atoms with Gasteiger partial charge in [0.2, 0.25) is 0 Å². The third-order valence-corrected chi connectivity index (χ3v) is 3.44. The second-order valence-electron chi connectivity index (χ2n) is 4.07. The summed E-state index contributed by atoms with van der Waals surface area (Å²) in [6.07, 6.45) is 2.16. The van der Waals surface area contributed by atoms with Crippen LogP contribution in [0.2, 0.25) is 0 Å². The molecular weight excluding hydrogens is 218 g/mol. The molecule has 0 aliphatic rings. The number of nitrogens with zero attached hydrogens (tertiary/aromatic N) is 2. The first-order chi connectivity index (χ1) is 7.74. The number of nitrogens with one attached hydrogen (secondary N) is 1. The van der Waals surface area contributed by atoms with Crippen LogP contribution in [0.25, 0.3) is 0 Å². The summed E-state index contributed by atoms with van der Waals surface area (Å²) in [4.78, 5) is 4.84. The Balaban J connectivity index is 3.25. The van der Waals surface area contributed by atoms with Gasteiger partial charge in [-0.25, -0.2) is 0 Å². The van der Waals surface area contributed by atoms with Crippen LogP contribution in [0.5, 0.6) is 0 Å². The molecule has 0 heterocycles. The fraction of sp³-hybridized carbons (Fsp3) is 1.00. The second-order valence-corrected chi connectivity index (χ2v) is 5.06. The van der Waals surface area contributed by atoms with Crippen LogP contribution in [-0.2, 0) is 0 Å². The van der Waals surface area contributed by atoms with Gasteiger partial charge < -0.3 is 15.1 Å². The molecule has 3 nitrogen and oxygen atoms in total. The van der Waals surface area contributed by atoms with Crippen LogP contribution < -0.4 is 5.32 Å². The zero-order valence-electron chi connectivity index (χ0n) is 11.5. The highest BCUT2D eigenvalue weighted by Crippen LogP contribution is 1.92. The fourth-order valence-corrected chi connectivity index (χ4v) is 2.03. The van der Waals surface area contributed by atoms with E-state index in [2.05, 4.69) is 42.3 Å². The van der Waals surface area contributed by atoms with Crippen LogP contribution in [0.4, 0.5) is 0 Å². The average molecular weight is 247 g/mol. The molecule has 4 heteroatoms. The average Bonchev–Trinajstić information content (AvgIpc) is 2.31. The molecule has 0 aromatic rings. The van der Waals surface area contributed by atoms with E-state index in [0.717, 1.165) is 32.7 Å². The molecule has 0 radical (unpaired) electrons. The number of thioether (sulfide) groups is 1. The van der Waals surface area contributed by atoms with Crippen LogP contribution >= 0.6 is 11.8 Å². The topological polar surface area (TPSA) is 18.5 Å². The van der Waals surface area contributed by atoms with Gasteiger partial charge in [-0.3, -0.25) is 0 Å². The van der Waals surface area contributed by atoms with Crippen molar-refractivity contribution >= 4 is 11.8 Å². The van der Waals surface area contributed by atoms with E-state index in [1.165, 1.54) is 18.8 Å². The zero-order chi connectivity index (χ0) is 12.2. The molecule has 98 valence electrons. The van der Waals surface area contributed by atoms with Gasteiger partial charge in [0.05, 0.1) is 0 Å². The minimum absolute atomic E-state index is 1.10. The lowest BCUT2D eigenvalue weighted by Gasteiger charge is -2.19. The maximum absolute atomic E-state index is 3.50. The van der Waals surface area contributed by atoms with Crippen molar-refractivity contribution in [1.29, 1.82) is 0 Å². The summed E-state index contributed by atoms with van der Waals surface area (Å²) < 4.78 is 0. The molecule has 0 spiro atoms.